The molecule has 5 nitrogen and oxygen atoms in total. The second kappa shape index (κ2) is 6.57. The third-order valence-corrected chi connectivity index (χ3v) is 4.87. The Balaban J connectivity index is 2.43. The lowest BCUT2D eigenvalue weighted by molar-refractivity contribution is 0.390. The Bertz CT molecular complexity index is 862. The second-order valence-electron chi connectivity index (χ2n) is 4.09. The van der Waals surface area contributed by atoms with E-state index in [1.165, 1.54) is 43.5 Å². The molecule has 0 aliphatic rings. The van der Waals surface area contributed by atoms with Gasteiger partial charge in [-0.25, -0.2) is 0 Å². The third kappa shape index (κ3) is 3.53. The van der Waals surface area contributed by atoms with E-state index in [-0.39, 0.29) is 21.4 Å². The van der Waals surface area contributed by atoms with Crippen LogP contribution in [0.1, 0.15) is 5.56 Å². The lowest BCUT2D eigenvalue weighted by Crippen LogP contribution is -2.11. The van der Waals surface area contributed by atoms with Gasteiger partial charge in [-0.15, -0.1) is 0 Å². The molecule has 0 radical (unpaired) electrons. The molecule has 0 aliphatic heterocycles. The van der Waals surface area contributed by atoms with E-state index >= 15 is 0 Å². The molecule has 0 N–H and O–H groups in total. The number of hydrogen-bond donors (Lipinski definition) is 0. The maximum atomic E-state index is 12.3. The number of methoxy groups -OCH3 is 1. The summed E-state index contributed by atoms with van der Waals surface area (Å²) in [5, 5.41) is 8.86. The molecular formula is C14H9BrClNO4S. The van der Waals surface area contributed by atoms with Crippen LogP contribution in [-0.2, 0) is 10.1 Å². The molecule has 0 amide bonds. The van der Waals surface area contributed by atoms with Gasteiger partial charge >= 0.3 is 10.1 Å². The normalized spacial score (nSPS) is 10.8. The minimum absolute atomic E-state index is 0.0273. The van der Waals surface area contributed by atoms with Gasteiger partial charge in [0.1, 0.15) is 4.90 Å². The monoisotopic (exact) mass is 401 g/mol. The van der Waals surface area contributed by atoms with Crippen molar-refractivity contribution in [2.45, 2.75) is 4.90 Å². The molecule has 0 saturated carbocycles. The smallest absolute Gasteiger partial charge is 0.340 e. The lowest BCUT2D eigenvalue weighted by Gasteiger charge is -2.11. The number of nitriles is 1. The Morgan fingerprint density at radius 1 is 1.18 bits per heavy atom. The summed E-state index contributed by atoms with van der Waals surface area (Å²) in [6.45, 7) is 0. The molecule has 0 atom stereocenters. The van der Waals surface area contributed by atoms with E-state index in [1.807, 2.05) is 6.07 Å². The van der Waals surface area contributed by atoms with Gasteiger partial charge < -0.3 is 8.92 Å². The highest BCUT2D eigenvalue weighted by Gasteiger charge is 2.22. The van der Waals surface area contributed by atoms with Crippen LogP contribution in [0, 0.1) is 11.3 Å². The zero-order valence-electron chi connectivity index (χ0n) is 11.2. The highest BCUT2D eigenvalue weighted by atomic mass is 79.9. The number of rotatable bonds is 4. The zero-order valence-corrected chi connectivity index (χ0v) is 14.4. The van der Waals surface area contributed by atoms with E-state index in [2.05, 4.69) is 15.9 Å². The summed E-state index contributed by atoms with van der Waals surface area (Å²) in [5.41, 5.74) is 0.322. The first-order chi connectivity index (χ1) is 10.4. The van der Waals surface area contributed by atoms with Crippen molar-refractivity contribution in [3.63, 3.8) is 0 Å². The van der Waals surface area contributed by atoms with Crippen LogP contribution in [-0.4, -0.2) is 15.5 Å². The molecule has 0 aromatic heterocycles. The molecule has 22 heavy (non-hydrogen) atoms. The van der Waals surface area contributed by atoms with E-state index in [0.717, 1.165) is 0 Å². The first-order valence-corrected chi connectivity index (χ1v) is 8.43. The van der Waals surface area contributed by atoms with Gasteiger partial charge in [0.05, 0.1) is 23.8 Å². The second-order valence-corrected chi connectivity index (χ2v) is 6.93. The predicted molar refractivity (Wildman–Crippen MR) is 84.7 cm³/mol. The van der Waals surface area contributed by atoms with Crippen LogP contribution in [0.25, 0.3) is 0 Å². The fourth-order valence-electron chi connectivity index (χ4n) is 1.65. The Kier molecular flexibility index (Phi) is 4.96. The largest absolute Gasteiger partial charge is 0.493 e. The standard InChI is InChI=1S/C14H9BrClNO4S/c1-20-13-6-9(8-17)2-4-12(13)21-22(18,19)14-5-3-10(15)7-11(14)16/h2-7H,1H3. The van der Waals surface area contributed by atoms with E-state index in [0.29, 0.717) is 10.0 Å². The summed E-state index contributed by atoms with van der Waals surface area (Å²) in [7, 11) is -2.78. The SMILES string of the molecule is COc1cc(C#N)ccc1OS(=O)(=O)c1ccc(Br)cc1Cl. The van der Waals surface area contributed by atoms with E-state index < -0.39 is 10.1 Å². The highest BCUT2D eigenvalue weighted by molar-refractivity contribution is 9.10. The first kappa shape index (κ1) is 16.6. The van der Waals surface area contributed by atoms with E-state index in [1.54, 1.807) is 0 Å². The Labute approximate surface area is 141 Å². The van der Waals surface area contributed by atoms with Crippen LogP contribution in [0.5, 0.6) is 11.5 Å². The molecule has 0 bridgehead atoms. The lowest BCUT2D eigenvalue weighted by atomic mass is 10.2. The van der Waals surface area contributed by atoms with Crippen molar-refractivity contribution < 1.29 is 17.3 Å². The average Bonchev–Trinajstić information content (AvgIpc) is 2.46. The Hall–Kier alpha value is -1.75. The maximum Gasteiger partial charge on any atom is 0.340 e. The summed E-state index contributed by atoms with van der Waals surface area (Å²) in [5.74, 6) is 0.108. The molecule has 2 rings (SSSR count). The third-order valence-electron chi connectivity index (χ3n) is 2.66. The van der Waals surface area contributed by atoms with E-state index in [4.69, 9.17) is 25.8 Å². The molecule has 8 heteroatoms. The summed E-state index contributed by atoms with van der Waals surface area (Å²) in [6.07, 6.45) is 0. The fourth-order valence-corrected chi connectivity index (χ4v) is 3.60. The van der Waals surface area contributed by atoms with Gasteiger partial charge in [-0.3, -0.25) is 0 Å². The summed E-state index contributed by atoms with van der Waals surface area (Å²) in [6, 6.07) is 10.4. The minimum Gasteiger partial charge on any atom is -0.493 e. The van der Waals surface area contributed by atoms with Crippen molar-refractivity contribution in [1.82, 2.24) is 0 Å². The van der Waals surface area contributed by atoms with Crippen molar-refractivity contribution in [2.75, 3.05) is 7.11 Å². The van der Waals surface area contributed by atoms with Crippen molar-refractivity contribution in [1.29, 1.82) is 5.26 Å². The average molecular weight is 403 g/mol. The molecule has 0 fully saturated rings. The van der Waals surface area contributed by atoms with Gasteiger partial charge in [-0.1, -0.05) is 27.5 Å². The predicted octanol–water partition coefficient (Wildman–Crippen LogP) is 3.75. The zero-order chi connectivity index (χ0) is 16.3. The minimum atomic E-state index is -4.13. The maximum absolute atomic E-state index is 12.3. The molecule has 0 spiro atoms. The van der Waals surface area contributed by atoms with Crippen LogP contribution < -0.4 is 8.92 Å². The fraction of sp³-hybridized carbons (Fsp3) is 0.0714. The summed E-state index contributed by atoms with van der Waals surface area (Å²) >= 11 is 9.14. The van der Waals surface area contributed by atoms with Crippen molar-refractivity contribution >= 4 is 37.6 Å². The molecule has 0 aliphatic carbocycles. The summed E-state index contributed by atoms with van der Waals surface area (Å²) < 4.78 is 35.4. The van der Waals surface area contributed by atoms with Crippen molar-refractivity contribution in [3.8, 4) is 17.6 Å². The van der Waals surface area contributed by atoms with Crippen LogP contribution in [0.2, 0.25) is 5.02 Å². The highest BCUT2D eigenvalue weighted by Crippen LogP contribution is 2.33. The topological polar surface area (TPSA) is 76.4 Å². The molecule has 2 aromatic rings. The molecular weight excluding hydrogens is 394 g/mol. The number of hydrogen-bond acceptors (Lipinski definition) is 5. The molecule has 114 valence electrons. The molecule has 2 aromatic carbocycles. The molecule has 0 heterocycles. The Morgan fingerprint density at radius 2 is 1.91 bits per heavy atom. The van der Waals surface area contributed by atoms with Gasteiger partial charge in [-0.05, 0) is 30.3 Å². The van der Waals surface area contributed by atoms with Crippen LogP contribution >= 0.6 is 27.5 Å². The number of halogens is 2. The summed E-state index contributed by atoms with van der Waals surface area (Å²) in [4.78, 5) is -0.163. The molecule has 0 saturated heterocycles. The van der Waals surface area contributed by atoms with Crippen LogP contribution in [0.3, 0.4) is 0 Å². The van der Waals surface area contributed by atoms with E-state index in [9.17, 15) is 8.42 Å². The van der Waals surface area contributed by atoms with Crippen LogP contribution in [0.4, 0.5) is 0 Å². The number of nitrogens with zero attached hydrogens (tertiary/aromatic N) is 1. The first-order valence-electron chi connectivity index (χ1n) is 5.85. The van der Waals surface area contributed by atoms with Crippen LogP contribution in [0.15, 0.2) is 45.8 Å². The van der Waals surface area contributed by atoms with Gasteiger partial charge in [0.15, 0.2) is 11.5 Å². The van der Waals surface area contributed by atoms with Gasteiger partial charge in [0.2, 0.25) is 0 Å². The number of benzene rings is 2. The Morgan fingerprint density at radius 3 is 2.50 bits per heavy atom. The quantitative estimate of drug-likeness (QED) is 0.728. The van der Waals surface area contributed by atoms with Crippen molar-refractivity contribution in [3.05, 3.63) is 51.5 Å². The van der Waals surface area contributed by atoms with Gasteiger partial charge in [0.25, 0.3) is 0 Å². The van der Waals surface area contributed by atoms with Gasteiger partial charge in [0, 0.05) is 10.5 Å². The van der Waals surface area contributed by atoms with Gasteiger partial charge in [-0.2, -0.15) is 13.7 Å². The number of ether oxygens (including phenoxy) is 1. The van der Waals surface area contributed by atoms with Crippen molar-refractivity contribution in [2.24, 2.45) is 0 Å². The molecule has 0 unspecified atom stereocenters.